The Morgan fingerprint density at radius 2 is 2.05 bits per heavy atom. The first-order valence-electron chi connectivity index (χ1n) is 6.35. The van der Waals surface area contributed by atoms with Crippen LogP contribution in [0.15, 0.2) is 48.9 Å². The highest BCUT2D eigenvalue weighted by Crippen LogP contribution is 2.27. The van der Waals surface area contributed by atoms with Crippen molar-refractivity contribution in [2.45, 2.75) is 0 Å². The van der Waals surface area contributed by atoms with Gasteiger partial charge in [0, 0.05) is 42.2 Å². The maximum Gasteiger partial charge on any atom is 0.0710 e. The molecule has 0 bridgehead atoms. The molecule has 0 aliphatic heterocycles. The number of hydrogen-bond acceptors (Lipinski definition) is 4. The number of anilines is 1. The van der Waals surface area contributed by atoms with Gasteiger partial charge in [-0.15, -0.1) is 0 Å². The van der Waals surface area contributed by atoms with E-state index in [1.165, 1.54) is 6.21 Å². The molecular weight excluding hydrogens is 248 g/mol. The van der Waals surface area contributed by atoms with E-state index in [-0.39, 0.29) is 0 Å². The maximum atomic E-state index is 7.64. The van der Waals surface area contributed by atoms with Crippen LogP contribution >= 0.6 is 0 Å². The molecular formula is C16H14N4. The molecule has 4 heteroatoms. The fourth-order valence-corrected chi connectivity index (χ4v) is 2.28. The third kappa shape index (κ3) is 2.01. The predicted molar refractivity (Wildman–Crippen MR) is 82.4 cm³/mol. The lowest BCUT2D eigenvalue weighted by Crippen LogP contribution is -1.97. The summed E-state index contributed by atoms with van der Waals surface area (Å²) >= 11 is 0. The third-order valence-corrected chi connectivity index (χ3v) is 3.32. The van der Waals surface area contributed by atoms with Gasteiger partial charge in [0.15, 0.2) is 0 Å². The van der Waals surface area contributed by atoms with E-state index >= 15 is 0 Å². The van der Waals surface area contributed by atoms with E-state index in [4.69, 9.17) is 5.41 Å². The van der Waals surface area contributed by atoms with E-state index in [9.17, 15) is 0 Å². The van der Waals surface area contributed by atoms with Gasteiger partial charge in [-0.3, -0.25) is 9.97 Å². The molecule has 4 nitrogen and oxygen atoms in total. The Morgan fingerprint density at radius 1 is 1.15 bits per heavy atom. The zero-order chi connectivity index (χ0) is 13.9. The zero-order valence-corrected chi connectivity index (χ0v) is 11.1. The van der Waals surface area contributed by atoms with E-state index < -0.39 is 0 Å². The summed E-state index contributed by atoms with van der Waals surface area (Å²) in [6.07, 6.45) is 6.71. The molecule has 0 atom stereocenters. The van der Waals surface area contributed by atoms with Gasteiger partial charge in [0.25, 0.3) is 0 Å². The Kier molecular flexibility index (Phi) is 3.13. The number of pyridine rings is 2. The number of benzene rings is 1. The lowest BCUT2D eigenvalue weighted by atomic mass is 10.0. The van der Waals surface area contributed by atoms with Crippen molar-refractivity contribution in [3.63, 3.8) is 0 Å². The van der Waals surface area contributed by atoms with Gasteiger partial charge in [0.05, 0.1) is 17.4 Å². The molecule has 0 amide bonds. The van der Waals surface area contributed by atoms with Crippen LogP contribution in [0, 0.1) is 5.41 Å². The van der Waals surface area contributed by atoms with Crippen molar-refractivity contribution in [2.75, 3.05) is 12.4 Å². The van der Waals surface area contributed by atoms with Crippen molar-refractivity contribution in [3.05, 3.63) is 54.5 Å². The van der Waals surface area contributed by atoms with Gasteiger partial charge in [-0.2, -0.15) is 0 Å². The smallest absolute Gasteiger partial charge is 0.0710 e. The summed E-state index contributed by atoms with van der Waals surface area (Å²) in [4.78, 5) is 8.56. The molecule has 3 aromatic rings. The van der Waals surface area contributed by atoms with Crippen LogP contribution < -0.4 is 5.32 Å². The third-order valence-electron chi connectivity index (χ3n) is 3.32. The molecule has 0 radical (unpaired) electrons. The molecule has 98 valence electrons. The molecule has 0 spiro atoms. The highest BCUT2D eigenvalue weighted by Gasteiger charge is 2.07. The Hall–Kier alpha value is -2.75. The largest absolute Gasteiger partial charge is 0.386 e. The highest BCUT2D eigenvalue weighted by molar-refractivity contribution is 6.03. The van der Waals surface area contributed by atoms with Gasteiger partial charge in [-0.1, -0.05) is 12.1 Å². The molecule has 0 aliphatic rings. The number of aromatic nitrogens is 2. The number of nitrogens with one attached hydrogen (secondary N) is 2. The molecule has 2 heterocycles. The van der Waals surface area contributed by atoms with E-state index in [1.54, 1.807) is 12.4 Å². The van der Waals surface area contributed by atoms with Crippen LogP contribution in [-0.2, 0) is 0 Å². The van der Waals surface area contributed by atoms with Crippen LogP contribution in [0.3, 0.4) is 0 Å². The average Bonchev–Trinajstić information content (AvgIpc) is 2.54. The number of rotatable bonds is 3. The van der Waals surface area contributed by atoms with Crippen LogP contribution in [0.1, 0.15) is 5.56 Å². The van der Waals surface area contributed by atoms with Gasteiger partial charge in [-0.25, -0.2) is 0 Å². The van der Waals surface area contributed by atoms with Gasteiger partial charge < -0.3 is 10.7 Å². The van der Waals surface area contributed by atoms with E-state index in [2.05, 4.69) is 21.4 Å². The number of hydrogen-bond donors (Lipinski definition) is 2. The first kappa shape index (κ1) is 12.3. The molecule has 0 saturated heterocycles. The predicted octanol–water partition coefficient (Wildman–Crippen LogP) is 3.34. The monoisotopic (exact) mass is 262 g/mol. The molecule has 0 aliphatic carbocycles. The van der Waals surface area contributed by atoms with E-state index in [1.807, 2.05) is 37.5 Å². The standard InChI is InChI=1S/C16H14N4/c1-18-16-10-20-15-5-4-11(7-13(15)14(16)8-17)12-3-2-6-19-9-12/h2-10,17-18H,1H3. The topological polar surface area (TPSA) is 61.7 Å². The van der Waals surface area contributed by atoms with Gasteiger partial charge in [0.2, 0.25) is 0 Å². The summed E-state index contributed by atoms with van der Waals surface area (Å²) < 4.78 is 0. The highest BCUT2D eigenvalue weighted by atomic mass is 14.9. The second-order valence-corrected chi connectivity index (χ2v) is 4.45. The first-order chi connectivity index (χ1) is 9.83. The van der Waals surface area contributed by atoms with E-state index in [0.717, 1.165) is 33.3 Å². The summed E-state index contributed by atoms with van der Waals surface area (Å²) in [5, 5.41) is 11.7. The van der Waals surface area contributed by atoms with Gasteiger partial charge in [-0.05, 0) is 23.8 Å². The van der Waals surface area contributed by atoms with Gasteiger partial charge in [0.1, 0.15) is 0 Å². The average molecular weight is 262 g/mol. The first-order valence-corrected chi connectivity index (χ1v) is 6.35. The Balaban J connectivity index is 2.26. The molecule has 0 unspecified atom stereocenters. The Bertz CT molecular complexity index is 766. The Morgan fingerprint density at radius 3 is 2.75 bits per heavy atom. The second kappa shape index (κ2) is 5.09. The Labute approximate surface area is 117 Å². The molecule has 1 aromatic carbocycles. The summed E-state index contributed by atoms with van der Waals surface area (Å²) in [5.74, 6) is 0. The van der Waals surface area contributed by atoms with Crippen LogP contribution in [0.2, 0.25) is 0 Å². The molecule has 3 rings (SSSR count). The van der Waals surface area contributed by atoms with Crippen molar-refractivity contribution in [3.8, 4) is 11.1 Å². The van der Waals surface area contributed by atoms with E-state index in [0.29, 0.717) is 0 Å². The lowest BCUT2D eigenvalue weighted by molar-refractivity contribution is 1.33. The SMILES string of the molecule is CNc1cnc2ccc(-c3cccnc3)cc2c1C=N. The summed E-state index contributed by atoms with van der Waals surface area (Å²) in [7, 11) is 1.83. The minimum absolute atomic E-state index is 0.850. The summed E-state index contributed by atoms with van der Waals surface area (Å²) in [6.45, 7) is 0. The minimum Gasteiger partial charge on any atom is -0.386 e. The molecule has 20 heavy (non-hydrogen) atoms. The van der Waals surface area contributed by atoms with Crippen LogP contribution in [0.25, 0.3) is 22.0 Å². The molecule has 2 N–H and O–H groups in total. The van der Waals surface area contributed by atoms with Crippen LogP contribution in [0.4, 0.5) is 5.69 Å². The molecule has 2 aromatic heterocycles. The number of fused-ring (bicyclic) bond motifs is 1. The fraction of sp³-hybridized carbons (Fsp3) is 0.0625. The van der Waals surface area contributed by atoms with Crippen molar-refractivity contribution in [1.82, 2.24) is 9.97 Å². The lowest BCUT2D eigenvalue weighted by Gasteiger charge is -2.09. The fourth-order valence-electron chi connectivity index (χ4n) is 2.28. The molecule has 0 saturated carbocycles. The number of nitrogens with zero attached hydrogens (tertiary/aromatic N) is 2. The second-order valence-electron chi connectivity index (χ2n) is 4.45. The zero-order valence-electron chi connectivity index (χ0n) is 11.1. The van der Waals surface area contributed by atoms with Crippen LogP contribution in [0.5, 0.6) is 0 Å². The summed E-state index contributed by atoms with van der Waals surface area (Å²) in [6, 6.07) is 10.00. The van der Waals surface area contributed by atoms with Crippen molar-refractivity contribution in [2.24, 2.45) is 0 Å². The van der Waals surface area contributed by atoms with Gasteiger partial charge >= 0.3 is 0 Å². The minimum atomic E-state index is 0.850. The van der Waals surface area contributed by atoms with Crippen LogP contribution in [-0.4, -0.2) is 23.2 Å². The maximum absolute atomic E-state index is 7.64. The summed E-state index contributed by atoms with van der Waals surface area (Å²) in [5.41, 5.74) is 4.72. The van der Waals surface area contributed by atoms with Crippen molar-refractivity contribution >= 4 is 22.8 Å². The molecule has 0 fully saturated rings. The van der Waals surface area contributed by atoms with Crippen molar-refractivity contribution < 1.29 is 0 Å². The normalized spacial score (nSPS) is 10.4. The quantitative estimate of drug-likeness (QED) is 0.712. The van der Waals surface area contributed by atoms with Crippen molar-refractivity contribution in [1.29, 1.82) is 5.41 Å².